The summed E-state index contributed by atoms with van der Waals surface area (Å²) < 4.78 is 4.40. The van der Waals surface area contributed by atoms with Crippen LogP contribution >= 0.6 is 0 Å². The van der Waals surface area contributed by atoms with Gasteiger partial charge in [-0.25, -0.2) is 4.98 Å². The van der Waals surface area contributed by atoms with Gasteiger partial charge in [0.1, 0.15) is 5.69 Å². The molecule has 7 nitrogen and oxygen atoms in total. The molecule has 0 aromatic carbocycles. The smallest absolute Gasteiger partial charge is 0.160 e. The molecule has 1 atom stereocenters. The zero-order valence-electron chi connectivity index (χ0n) is 15.4. The van der Waals surface area contributed by atoms with Crippen LogP contribution in [0.3, 0.4) is 0 Å². The first-order valence-electron chi connectivity index (χ1n) is 9.42. The highest BCUT2D eigenvalue weighted by atomic mass is 15.3. The van der Waals surface area contributed by atoms with E-state index < -0.39 is 0 Å². The SMILES string of the molecule is C[C@H](Cn1ccnc1-c1cc2n(n1)CCCNC2)N1CCN(C)CC1. The molecule has 0 spiro atoms. The molecule has 136 valence electrons. The van der Waals surface area contributed by atoms with Gasteiger partial charge in [-0.15, -0.1) is 0 Å². The lowest BCUT2D eigenvalue weighted by Gasteiger charge is -2.36. The van der Waals surface area contributed by atoms with Gasteiger partial charge in [0.05, 0.1) is 5.69 Å². The average molecular weight is 343 g/mol. The first kappa shape index (κ1) is 16.8. The Morgan fingerprint density at radius 3 is 2.88 bits per heavy atom. The Balaban J connectivity index is 1.49. The zero-order valence-corrected chi connectivity index (χ0v) is 15.4. The molecule has 25 heavy (non-hydrogen) atoms. The lowest BCUT2D eigenvalue weighted by molar-refractivity contribution is 0.111. The van der Waals surface area contributed by atoms with Gasteiger partial charge in [0.15, 0.2) is 5.82 Å². The normalized spacial score (nSPS) is 21.0. The van der Waals surface area contributed by atoms with Crippen LogP contribution in [0.5, 0.6) is 0 Å². The highest BCUT2D eigenvalue weighted by Crippen LogP contribution is 2.20. The molecule has 4 heterocycles. The van der Waals surface area contributed by atoms with Crippen LogP contribution in [0, 0.1) is 0 Å². The predicted molar refractivity (Wildman–Crippen MR) is 98.3 cm³/mol. The second-order valence-corrected chi connectivity index (χ2v) is 7.37. The summed E-state index contributed by atoms with van der Waals surface area (Å²) in [5.41, 5.74) is 2.25. The van der Waals surface area contributed by atoms with Crippen LogP contribution in [-0.4, -0.2) is 74.9 Å². The third-order valence-electron chi connectivity index (χ3n) is 5.46. The van der Waals surface area contributed by atoms with E-state index in [1.807, 2.05) is 6.20 Å². The number of imidazole rings is 1. The summed E-state index contributed by atoms with van der Waals surface area (Å²) >= 11 is 0. The summed E-state index contributed by atoms with van der Waals surface area (Å²) in [5, 5.41) is 8.27. The summed E-state index contributed by atoms with van der Waals surface area (Å²) in [4.78, 5) is 9.58. The molecular formula is C18H29N7. The number of piperazine rings is 1. The molecule has 2 aliphatic rings. The number of aryl methyl sites for hydroxylation is 1. The summed E-state index contributed by atoms with van der Waals surface area (Å²) in [6.07, 6.45) is 5.11. The predicted octanol–water partition coefficient (Wildman–Crippen LogP) is 0.876. The van der Waals surface area contributed by atoms with Crippen molar-refractivity contribution in [3.05, 3.63) is 24.2 Å². The van der Waals surface area contributed by atoms with Crippen molar-refractivity contribution in [1.29, 1.82) is 0 Å². The number of aromatic nitrogens is 4. The van der Waals surface area contributed by atoms with Gasteiger partial charge in [0.25, 0.3) is 0 Å². The van der Waals surface area contributed by atoms with Crippen molar-refractivity contribution in [2.75, 3.05) is 39.8 Å². The lowest BCUT2D eigenvalue weighted by atomic mass is 10.2. The van der Waals surface area contributed by atoms with Crippen molar-refractivity contribution in [3.63, 3.8) is 0 Å². The van der Waals surface area contributed by atoms with E-state index in [9.17, 15) is 0 Å². The summed E-state index contributed by atoms with van der Waals surface area (Å²) in [6, 6.07) is 2.70. The van der Waals surface area contributed by atoms with Crippen molar-refractivity contribution in [3.8, 4) is 11.5 Å². The Kier molecular flexibility index (Phi) is 4.87. The standard InChI is InChI=1S/C18H29N7/c1-15(23-10-8-22(2)9-11-23)14-24-7-5-20-18(24)17-12-16-13-19-4-3-6-25(16)21-17/h5,7,12,15,19H,3-4,6,8-11,13-14H2,1-2H3/t15-/m1/s1. The van der Waals surface area contributed by atoms with E-state index in [0.29, 0.717) is 6.04 Å². The van der Waals surface area contributed by atoms with Gasteiger partial charge in [0.2, 0.25) is 0 Å². The molecule has 0 bridgehead atoms. The third-order valence-corrected chi connectivity index (χ3v) is 5.46. The summed E-state index contributed by atoms with van der Waals surface area (Å²) in [5.74, 6) is 0.988. The fourth-order valence-electron chi connectivity index (χ4n) is 3.82. The van der Waals surface area contributed by atoms with Crippen molar-refractivity contribution in [1.82, 2.24) is 34.4 Å². The van der Waals surface area contributed by atoms with Gasteiger partial charge in [-0.3, -0.25) is 9.58 Å². The van der Waals surface area contributed by atoms with Crippen LogP contribution in [0.25, 0.3) is 11.5 Å². The van der Waals surface area contributed by atoms with Crippen LogP contribution in [-0.2, 0) is 19.6 Å². The molecular weight excluding hydrogens is 314 g/mol. The number of hydrogen-bond acceptors (Lipinski definition) is 5. The van der Waals surface area contributed by atoms with Gasteiger partial charge in [-0.1, -0.05) is 0 Å². The number of nitrogens with zero attached hydrogens (tertiary/aromatic N) is 6. The fourth-order valence-corrected chi connectivity index (χ4v) is 3.82. The second kappa shape index (κ2) is 7.27. The number of hydrogen-bond donors (Lipinski definition) is 1. The minimum absolute atomic E-state index is 0.503. The van der Waals surface area contributed by atoms with E-state index >= 15 is 0 Å². The van der Waals surface area contributed by atoms with Crippen molar-refractivity contribution >= 4 is 0 Å². The number of likely N-dealkylation sites (N-methyl/N-ethyl adjacent to an activating group) is 1. The Morgan fingerprint density at radius 1 is 1.20 bits per heavy atom. The van der Waals surface area contributed by atoms with Crippen LogP contribution in [0.1, 0.15) is 19.0 Å². The maximum atomic E-state index is 4.82. The fraction of sp³-hybridized carbons (Fsp3) is 0.667. The monoisotopic (exact) mass is 343 g/mol. The Hall–Kier alpha value is -1.70. The number of fused-ring (bicyclic) bond motifs is 1. The highest BCUT2D eigenvalue weighted by molar-refractivity contribution is 5.50. The maximum Gasteiger partial charge on any atom is 0.160 e. The molecule has 0 unspecified atom stereocenters. The van der Waals surface area contributed by atoms with E-state index in [2.05, 4.69) is 55.6 Å². The third kappa shape index (κ3) is 3.63. The van der Waals surface area contributed by atoms with Crippen molar-refractivity contribution in [2.24, 2.45) is 0 Å². The first-order valence-corrected chi connectivity index (χ1v) is 9.42. The molecule has 0 aliphatic carbocycles. The molecule has 4 rings (SSSR count). The molecule has 1 N–H and O–H groups in total. The quantitative estimate of drug-likeness (QED) is 0.893. The minimum Gasteiger partial charge on any atom is -0.328 e. The van der Waals surface area contributed by atoms with Gasteiger partial charge in [-0.2, -0.15) is 5.10 Å². The molecule has 1 fully saturated rings. The minimum atomic E-state index is 0.503. The Morgan fingerprint density at radius 2 is 2.04 bits per heavy atom. The Bertz CT molecular complexity index is 673. The highest BCUT2D eigenvalue weighted by Gasteiger charge is 2.21. The molecule has 0 amide bonds. The van der Waals surface area contributed by atoms with E-state index in [0.717, 1.165) is 70.3 Å². The molecule has 2 aromatic rings. The van der Waals surface area contributed by atoms with Gasteiger partial charge < -0.3 is 14.8 Å². The summed E-state index contributed by atoms with van der Waals surface area (Å²) in [6.45, 7) is 10.8. The maximum absolute atomic E-state index is 4.82. The molecule has 0 radical (unpaired) electrons. The topological polar surface area (TPSA) is 54.2 Å². The largest absolute Gasteiger partial charge is 0.328 e. The summed E-state index contributed by atoms with van der Waals surface area (Å²) in [7, 11) is 2.20. The van der Waals surface area contributed by atoms with E-state index in [-0.39, 0.29) is 0 Å². The van der Waals surface area contributed by atoms with E-state index in [1.54, 1.807) is 0 Å². The first-order chi connectivity index (χ1) is 12.2. The number of rotatable bonds is 4. The van der Waals surface area contributed by atoms with Gasteiger partial charge >= 0.3 is 0 Å². The number of nitrogens with one attached hydrogen (secondary N) is 1. The molecule has 2 aromatic heterocycles. The molecule has 1 saturated heterocycles. The zero-order chi connectivity index (χ0) is 17.2. The van der Waals surface area contributed by atoms with E-state index in [1.165, 1.54) is 5.69 Å². The van der Waals surface area contributed by atoms with Crippen LogP contribution in [0.2, 0.25) is 0 Å². The van der Waals surface area contributed by atoms with Gasteiger partial charge in [0, 0.05) is 64.2 Å². The average Bonchev–Trinajstić information content (AvgIpc) is 3.17. The van der Waals surface area contributed by atoms with Crippen LogP contribution < -0.4 is 5.32 Å². The molecule has 0 saturated carbocycles. The Labute approximate surface area is 149 Å². The second-order valence-electron chi connectivity index (χ2n) is 7.37. The van der Waals surface area contributed by atoms with Crippen molar-refractivity contribution < 1.29 is 0 Å². The van der Waals surface area contributed by atoms with Gasteiger partial charge in [-0.05, 0) is 33.0 Å². The lowest BCUT2D eigenvalue weighted by Crippen LogP contribution is -2.49. The molecule has 2 aliphatic heterocycles. The van der Waals surface area contributed by atoms with Crippen LogP contribution in [0.15, 0.2) is 18.5 Å². The van der Waals surface area contributed by atoms with Crippen LogP contribution in [0.4, 0.5) is 0 Å². The van der Waals surface area contributed by atoms with E-state index in [4.69, 9.17) is 5.10 Å². The molecule has 7 heteroatoms. The van der Waals surface area contributed by atoms with Crippen molar-refractivity contribution in [2.45, 2.75) is 39.0 Å².